The molecule has 0 aliphatic carbocycles. The molecule has 1 N–H and O–H groups in total. The number of nitrogens with one attached hydrogen (secondary N) is 1. The van der Waals surface area contributed by atoms with Crippen molar-refractivity contribution in [3.63, 3.8) is 0 Å². The molecule has 0 atom stereocenters. The highest BCUT2D eigenvalue weighted by Gasteiger charge is 2.22. The van der Waals surface area contributed by atoms with Crippen LogP contribution in [0.3, 0.4) is 0 Å². The zero-order valence-corrected chi connectivity index (χ0v) is 12.5. The summed E-state index contributed by atoms with van der Waals surface area (Å²) in [5.74, 6) is 0.705. The Morgan fingerprint density at radius 1 is 1.00 bits per heavy atom. The van der Waals surface area contributed by atoms with Gasteiger partial charge in [-0.1, -0.05) is 30.3 Å². The van der Waals surface area contributed by atoms with E-state index in [0.29, 0.717) is 0 Å². The van der Waals surface area contributed by atoms with E-state index >= 15 is 0 Å². The number of hydrogen-bond donors (Lipinski definition) is 1. The number of thioether (sulfide) groups is 1. The summed E-state index contributed by atoms with van der Waals surface area (Å²) < 4.78 is 13.5. The maximum atomic E-state index is 13.5. The first-order valence-electron chi connectivity index (χ1n) is 7.26. The average molecular weight is 305 g/mol. The van der Waals surface area contributed by atoms with Gasteiger partial charge in [0.15, 0.2) is 0 Å². The summed E-state index contributed by atoms with van der Waals surface area (Å²) >= 11 is 1.71. The number of H-pyrrole nitrogens is 1. The van der Waals surface area contributed by atoms with Crippen LogP contribution in [0.2, 0.25) is 0 Å². The number of rotatable bonds is 0. The standard InChI is InChI=1S/C19H12FNS/c20-12-6-7-14-17(9-12)22-10-15-18-13-4-2-1-3-11(13)5-8-16(18)21-19(14)15/h1-9,21H,10H2. The van der Waals surface area contributed by atoms with E-state index in [0.717, 1.165) is 27.4 Å². The first-order valence-corrected chi connectivity index (χ1v) is 8.25. The molecule has 0 bridgehead atoms. The van der Waals surface area contributed by atoms with E-state index in [4.69, 9.17) is 0 Å². The van der Waals surface area contributed by atoms with Crippen LogP contribution in [0.1, 0.15) is 5.56 Å². The van der Waals surface area contributed by atoms with Gasteiger partial charge >= 0.3 is 0 Å². The second-order valence-corrected chi connectivity index (χ2v) is 6.63. The Morgan fingerprint density at radius 2 is 1.91 bits per heavy atom. The molecule has 1 aliphatic heterocycles. The fraction of sp³-hybridized carbons (Fsp3) is 0.0526. The lowest BCUT2D eigenvalue weighted by Gasteiger charge is -2.16. The molecule has 3 heteroatoms. The second kappa shape index (κ2) is 4.37. The quantitative estimate of drug-likeness (QED) is 0.438. The first-order chi connectivity index (χ1) is 10.8. The van der Waals surface area contributed by atoms with E-state index in [1.807, 2.05) is 6.07 Å². The van der Waals surface area contributed by atoms with Gasteiger partial charge in [-0.15, -0.1) is 11.8 Å². The van der Waals surface area contributed by atoms with Crippen molar-refractivity contribution >= 4 is 33.4 Å². The monoisotopic (exact) mass is 305 g/mol. The Hall–Kier alpha value is -2.26. The third-order valence-corrected chi connectivity index (χ3v) is 5.46. The highest BCUT2D eigenvalue weighted by atomic mass is 32.2. The van der Waals surface area contributed by atoms with Gasteiger partial charge in [0.1, 0.15) is 5.82 Å². The number of aromatic nitrogens is 1. The van der Waals surface area contributed by atoms with Crippen molar-refractivity contribution in [1.82, 2.24) is 4.98 Å². The molecular formula is C19H12FNS. The highest BCUT2D eigenvalue weighted by molar-refractivity contribution is 7.98. The molecule has 1 nitrogen and oxygen atoms in total. The van der Waals surface area contributed by atoms with Crippen molar-refractivity contribution in [3.05, 3.63) is 66.0 Å². The summed E-state index contributed by atoms with van der Waals surface area (Å²) in [6, 6.07) is 17.8. The zero-order chi connectivity index (χ0) is 14.7. The van der Waals surface area contributed by atoms with Gasteiger partial charge in [-0.25, -0.2) is 4.39 Å². The van der Waals surface area contributed by atoms with Crippen LogP contribution in [-0.2, 0) is 5.75 Å². The van der Waals surface area contributed by atoms with Crippen LogP contribution in [-0.4, -0.2) is 4.98 Å². The summed E-state index contributed by atoms with van der Waals surface area (Å²) in [4.78, 5) is 4.57. The third kappa shape index (κ3) is 1.60. The third-order valence-electron chi connectivity index (χ3n) is 4.38. The molecule has 0 radical (unpaired) electrons. The second-order valence-electron chi connectivity index (χ2n) is 5.62. The Balaban J connectivity index is 1.91. The van der Waals surface area contributed by atoms with E-state index in [1.54, 1.807) is 17.8 Å². The molecule has 0 spiro atoms. The molecule has 0 saturated heterocycles. The van der Waals surface area contributed by atoms with Gasteiger partial charge in [0.25, 0.3) is 0 Å². The number of halogens is 1. The van der Waals surface area contributed by atoms with Crippen LogP contribution in [0, 0.1) is 5.82 Å². The lowest BCUT2D eigenvalue weighted by atomic mass is 10.0. The van der Waals surface area contributed by atoms with Crippen LogP contribution >= 0.6 is 11.8 Å². The maximum absolute atomic E-state index is 13.5. The molecule has 4 aromatic rings. The van der Waals surface area contributed by atoms with Gasteiger partial charge in [-0.3, -0.25) is 0 Å². The molecule has 3 aromatic carbocycles. The predicted molar refractivity (Wildman–Crippen MR) is 90.8 cm³/mol. The van der Waals surface area contributed by atoms with Crippen molar-refractivity contribution < 1.29 is 4.39 Å². The van der Waals surface area contributed by atoms with E-state index in [1.165, 1.54) is 27.8 Å². The lowest BCUT2D eigenvalue weighted by molar-refractivity contribution is 0.624. The van der Waals surface area contributed by atoms with Gasteiger partial charge < -0.3 is 4.98 Å². The van der Waals surface area contributed by atoms with Gasteiger partial charge in [0.2, 0.25) is 0 Å². The number of hydrogen-bond acceptors (Lipinski definition) is 1. The smallest absolute Gasteiger partial charge is 0.124 e. The van der Waals surface area contributed by atoms with Gasteiger partial charge in [0.05, 0.1) is 5.69 Å². The van der Waals surface area contributed by atoms with Crippen LogP contribution in [0.5, 0.6) is 0 Å². The Bertz CT molecular complexity index is 1050. The number of aromatic amines is 1. The summed E-state index contributed by atoms with van der Waals surface area (Å²) in [5.41, 5.74) is 4.73. The molecule has 0 amide bonds. The fourth-order valence-corrected chi connectivity index (χ4v) is 4.49. The minimum atomic E-state index is -0.170. The van der Waals surface area contributed by atoms with E-state index < -0.39 is 0 Å². The van der Waals surface area contributed by atoms with E-state index in [9.17, 15) is 4.39 Å². The normalized spacial score (nSPS) is 13.3. The van der Waals surface area contributed by atoms with Crippen molar-refractivity contribution in [1.29, 1.82) is 0 Å². The molecule has 5 rings (SSSR count). The molecular weight excluding hydrogens is 293 g/mol. The SMILES string of the molecule is Fc1ccc2c(c1)SCc1c-2[nH]c2ccc3ccccc3c12. The van der Waals surface area contributed by atoms with E-state index in [2.05, 4.69) is 41.4 Å². The molecule has 1 aromatic heterocycles. The number of fused-ring (bicyclic) bond motifs is 7. The van der Waals surface area contributed by atoms with Gasteiger partial charge in [-0.05, 0) is 40.6 Å². The van der Waals surface area contributed by atoms with Crippen molar-refractivity contribution in [2.75, 3.05) is 0 Å². The Kier molecular flexibility index (Phi) is 2.44. The van der Waals surface area contributed by atoms with Gasteiger partial charge in [0, 0.05) is 27.1 Å². The topological polar surface area (TPSA) is 15.8 Å². The van der Waals surface area contributed by atoms with Crippen LogP contribution in [0.15, 0.2) is 59.5 Å². The van der Waals surface area contributed by atoms with Crippen LogP contribution in [0.4, 0.5) is 4.39 Å². The van der Waals surface area contributed by atoms with E-state index in [-0.39, 0.29) is 5.82 Å². The zero-order valence-electron chi connectivity index (χ0n) is 11.7. The molecule has 0 unspecified atom stereocenters. The predicted octanol–water partition coefficient (Wildman–Crippen LogP) is 5.73. The fourth-order valence-electron chi connectivity index (χ4n) is 3.38. The Labute approximate surface area is 131 Å². The van der Waals surface area contributed by atoms with Gasteiger partial charge in [-0.2, -0.15) is 0 Å². The first kappa shape index (κ1) is 12.3. The minimum Gasteiger partial charge on any atom is -0.354 e. The maximum Gasteiger partial charge on any atom is 0.124 e. The van der Waals surface area contributed by atoms with Crippen LogP contribution < -0.4 is 0 Å². The summed E-state index contributed by atoms with van der Waals surface area (Å²) in [5, 5.41) is 3.84. The summed E-state index contributed by atoms with van der Waals surface area (Å²) in [7, 11) is 0. The van der Waals surface area contributed by atoms with Crippen LogP contribution in [0.25, 0.3) is 32.9 Å². The molecule has 2 heterocycles. The molecule has 106 valence electrons. The summed E-state index contributed by atoms with van der Waals surface area (Å²) in [6.07, 6.45) is 0. The molecule has 22 heavy (non-hydrogen) atoms. The van der Waals surface area contributed by atoms with Crippen molar-refractivity contribution in [2.45, 2.75) is 10.6 Å². The average Bonchev–Trinajstić information content (AvgIpc) is 2.93. The molecule has 0 saturated carbocycles. The Morgan fingerprint density at radius 3 is 2.86 bits per heavy atom. The highest BCUT2D eigenvalue weighted by Crippen LogP contribution is 2.45. The molecule has 1 aliphatic rings. The largest absolute Gasteiger partial charge is 0.354 e. The number of benzene rings is 3. The summed E-state index contributed by atoms with van der Waals surface area (Å²) in [6.45, 7) is 0. The van der Waals surface area contributed by atoms with Crippen molar-refractivity contribution in [3.8, 4) is 11.3 Å². The molecule has 0 fully saturated rings. The van der Waals surface area contributed by atoms with Crippen molar-refractivity contribution in [2.24, 2.45) is 0 Å². The minimum absolute atomic E-state index is 0.170. The lowest BCUT2D eigenvalue weighted by Crippen LogP contribution is -1.95.